The lowest BCUT2D eigenvalue weighted by atomic mass is 9.97. The third kappa shape index (κ3) is 3.09. The smallest absolute Gasteiger partial charge is 0.138 e. The fraction of sp³-hybridized carbons (Fsp3) is 0.533. The van der Waals surface area contributed by atoms with Crippen molar-refractivity contribution < 1.29 is 9.53 Å². The quantitative estimate of drug-likeness (QED) is 0.751. The van der Waals surface area contributed by atoms with E-state index in [1.807, 2.05) is 12.1 Å². The maximum atomic E-state index is 11.8. The van der Waals surface area contributed by atoms with Gasteiger partial charge in [-0.3, -0.25) is 4.79 Å². The Morgan fingerprint density at radius 3 is 2.47 bits per heavy atom. The summed E-state index contributed by atoms with van der Waals surface area (Å²) in [6.45, 7) is 2.09. The molecule has 2 heteroatoms. The molecule has 17 heavy (non-hydrogen) atoms. The van der Waals surface area contributed by atoms with Gasteiger partial charge in [-0.2, -0.15) is 0 Å². The molecular formula is C15H20O2. The molecule has 1 aromatic rings. The minimum absolute atomic E-state index is 0.0416. The average molecular weight is 232 g/mol. The minimum Gasteiger partial charge on any atom is -0.497 e. The Morgan fingerprint density at radius 2 is 1.94 bits per heavy atom. The Labute approximate surface area is 103 Å². The molecule has 0 spiro atoms. The zero-order valence-electron chi connectivity index (χ0n) is 10.7. The molecule has 0 saturated heterocycles. The summed E-state index contributed by atoms with van der Waals surface area (Å²) in [6.07, 6.45) is 4.85. The van der Waals surface area contributed by atoms with Gasteiger partial charge in [0.25, 0.3) is 0 Å². The Balaban J connectivity index is 1.76. The summed E-state index contributed by atoms with van der Waals surface area (Å²) < 4.78 is 5.11. The van der Waals surface area contributed by atoms with Gasteiger partial charge in [-0.1, -0.05) is 19.1 Å². The second kappa shape index (κ2) is 4.91. The number of ether oxygens (including phenoxy) is 1. The molecule has 0 aromatic heterocycles. The molecule has 1 saturated carbocycles. The summed E-state index contributed by atoms with van der Waals surface area (Å²) >= 11 is 0. The summed E-state index contributed by atoms with van der Waals surface area (Å²) in [7, 11) is 1.67. The third-order valence-corrected chi connectivity index (χ3v) is 3.70. The normalized spacial score (nSPS) is 16.6. The molecule has 1 fully saturated rings. The second-order valence-corrected chi connectivity index (χ2v) is 5.19. The zero-order valence-corrected chi connectivity index (χ0v) is 10.7. The first-order valence-corrected chi connectivity index (χ1v) is 6.30. The van der Waals surface area contributed by atoms with Crippen LogP contribution in [0.4, 0.5) is 0 Å². The van der Waals surface area contributed by atoms with Gasteiger partial charge in [-0.15, -0.1) is 0 Å². The third-order valence-electron chi connectivity index (χ3n) is 3.70. The molecule has 1 aliphatic carbocycles. The summed E-state index contributed by atoms with van der Waals surface area (Å²) in [5.74, 6) is 1.33. The van der Waals surface area contributed by atoms with Crippen molar-refractivity contribution in [2.75, 3.05) is 7.11 Å². The Kier molecular flexibility index (Phi) is 3.51. The molecule has 0 atom stereocenters. The van der Waals surface area contributed by atoms with Crippen LogP contribution in [-0.4, -0.2) is 12.9 Å². The Hall–Kier alpha value is -1.31. The van der Waals surface area contributed by atoms with Gasteiger partial charge in [0.05, 0.1) is 7.11 Å². The van der Waals surface area contributed by atoms with Gasteiger partial charge >= 0.3 is 0 Å². The minimum atomic E-state index is 0.0416. The van der Waals surface area contributed by atoms with Crippen molar-refractivity contribution in [1.82, 2.24) is 0 Å². The number of hydrogen-bond donors (Lipinski definition) is 0. The van der Waals surface area contributed by atoms with E-state index in [4.69, 9.17) is 4.74 Å². The van der Waals surface area contributed by atoms with Gasteiger partial charge in [0.15, 0.2) is 0 Å². The van der Waals surface area contributed by atoms with E-state index in [0.29, 0.717) is 5.78 Å². The van der Waals surface area contributed by atoms with Crippen molar-refractivity contribution in [2.24, 2.45) is 5.41 Å². The van der Waals surface area contributed by atoms with Crippen molar-refractivity contribution in [1.29, 1.82) is 0 Å². The molecule has 1 aromatic carbocycles. The highest BCUT2D eigenvalue weighted by atomic mass is 16.5. The van der Waals surface area contributed by atoms with Crippen molar-refractivity contribution >= 4 is 5.78 Å². The number of benzene rings is 1. The molecule has 0 bridgehead atoms. The van der Waals surface area contributed by atoms with Crippen molar-refractivity contribution in [3.8, 4) is 5.75 Å². The fourth-order valence-corrected chi connectivity index (χ4v) is 2.01. The van der Waals surface area contributed by atoms with Crippen LogP contribution in [0.2, 0.25) is 0 Å². The molecule has 1 aliphatic rings. The summed E-state index contributed by atoms with van der Waals surface area (Å²) in [4.78, 5) is 11.8. The van der Waals surface area contributed by atoms with E-state index in [0.717, 1.165) is 37.9 Å². The van der Waals surface area contributed by atoms with Gasteiger partial charge in [0.2, 0.25) is 0 Å². The Morgan fingerprint density at radius 1 is 1.29 bits per heavy atom. The van der Waals surface area contributed by atoms with E-state index < -0.39 is 0 Å². The van der Waals surface area contributed by atoms with E-state index in [1.54, 1.807) is 7.11 Å². The first kappa shape index (κ1) is 12.2. The maximum Gasteiger partial charge on any atom is 0.138 e. The zero-order chi connectivity index (χ0) is 12.3. The molecule has 0 heterocycles. The number of hydrogen-bond acceptors (Lipinski definition) is 2. The second-order valence-electron chi connectivity index (χ2n) is 5.19. The van der Waals surface area contributed by atoms with Crippen LogP contribution in [0.5, 0.6) is 5.75 Å². The highest BCUT2D eigenvalue weighted by molar-refractivity contribution is 5.86. The van der Waals surface area contributed by atoms with Gasteiger partial charge in [0, 0.05) is 11.8 Å². The summed E-state index contributed by atoms with van der Waals surface area (Å²) in [5.41, 5.74) is 1.32. The van der Waals surface area contributed by atoms with Crippen LogP contribution in [0.15, 0.2) is 24.3 Å². The largest absolute Gasteiger partial charge is 0.497 e. The molecule has 0 aliphatic heterocycles. The van der Waals surface area contributed by atoms with Crippen LogP contribution >= 0.6 is 0 Å². The van der Waals surface area contributed by atoms with Gasteiger partial charge in [0.1, 0.15) is 11.5 Å². The first-order valence-electron chi connectivity index (χ1n) is 6.30. The number of carbonyl (C=O) groups is 1. The van der Waals surface area contributed by atoms with Crippen LogP contribution in [0.1, 0.15) is 38.2 Å². The molecule has 92 valence electrons. The SMILES string of the molecule is COc1ccc(CCCC(=O)C2(C)CC2)cc1. The van der Waals surface area contributed by atoms with E-state index in [9.17, 15) is 4.79 Å². The number of carbonyl (C=O) groups excluding carboxylic acids is 1. The van der Waals surface area contributed by atoms with Crippen molar-refractivity contribution in [3.05, 3.63) is 29.8 Å². The predicted molar refractivity (Wildman–Crippen MR) is 68.3 cm³/mol. The van der Waals surface area contributed by atoms with E-state index in [1.165, 1.54) is 5.56 Å². The molecule has 0 radical (unpaired) electrons. The van der Waals surface area contributed by atoms with Crippen LogP contribution in [0.3, 0.4) is 0 Å². The molecule has 0 N–H and O–H groups in total. The van der Waals surface area contributed by atoms with Crippen LogP contribution in [0.25, 0.3) is 0 Å². The molecule has 0 amide bonds. The maximum absolute atomic E-state index is 11.8. The number of rotatable bonds is 6. The molecule has 0 unspecified atom stereocenters. The van der Waals surface area contributed by atoms with Crippen LogP contribution < -0.4 is 4.74 Å². The molecular weight excluding hydrogens is 212 g/mol. The lowest BCUT2D eigenvalue weighted by Crippen LogP contribution is -2.11. The highest BCUT2D eigenvalue weighted by Crippen LogP contribution is 2.46. The Bertz CT molecular complexity index is 388. The van der Waals surface area contributed by atoms with E-state index in [2.05, 4.69) is 19.1 Å². The van der Waals surface area contributed by atoms with Gasteiger partial charge < -0.3 is 4.74 Å². The standard InChI is InChI=1S/C15H20O2/c1-15(10-11-15)14(16)5-3-4-12-6-8-13(17-2)9-7-12/h6-9H,3-5,10-11H2,1-2H3. The lowest BCUT2D eigenvalue weighted by molar-refractivity contribution is -0.123. The highest BCUT2D eigenvalue weighted by Gasteiger charge is 2.43. The number of Topliss-reactive ketones (excluding diaryl/α,β-unsaturated/α-hetero) is 1. The first-order chi connectivity index (χ1) is 8.14. The molecule has 2 rings (SSSR count). The van der Waals surface area contributed by atoms with Crippen LogP contribution in [-0.2, 0) is 11.2 Å². The van der Waals surface area contributed by atoms with Crippen molar-refractivity contribution in [2.45, 2.75) is 39.0 Å². The number of aryl methyl sites for hydroxylation is 1. The number of methoxy groups -OCH3 is 1. The lowest BCUT2D eigenvalue weighted by Gasteiger charge is -2.07. The summed E-state index contributed by atoms with van der Waals surface area (Å²) in [6, 6.07) is 8.09. The van der Waals surface area contributed by atoms with Gasteiger partial charge in [-0.05, 0) is 43.4 Å². The van der Waals surface area contributed by atoms with E-state index >= 15 is 0 Å². The topological polar surface area (TPSA) is 26.3 Å². The van der Waals surface area contributed by atoms with Crippen molar-refractivity contribution in [3.63, 3.8) is 0 Å². The molecule has 2 nitrogen and oxygen atoms in total. The number of ketones is 1. The average Bonchev–Trinajstić information content (AvgIpc) is 3.09. The summed E-state index contributed by atoms with van der Waals surface area (Å²) in [5, 5.41) is 0. The monoisotopic (exact) mass is 232 g/mol. The predicted octanol–water partition coefficient (Wildman–Crippen LogP) is 3.39. The van der Waals surface area contributed by atoms with Gasteiger partial charge in [-0.25, -0.2) is 0 Å². The van der Waals surface area contributed by atoms with Crippen LogP contribution in [0, 0.1) is 5.41 Å². The van der Waals surface area contributed by atoms with E-state index in [-0.39, 0.29) is 5.41 Å². The fourth-order valence-electron chi connectivity index (χ4n) is 2.01.